The predicted molar refractivity (Wildman–Crippen MR) is 502 cm³/mol. The minimum atomic E-state index is -2.29. The molecule has 0 aliphatic carbocycles. The van der Waals surface area contributed by atoms with Crippen LogP contribution in [0.3, 0.4) is 0 Å². The molecule has 5 aromatic rings. The standard InChI is InChI=1S/C89H114ClN19O25S3/c1-44(94-67(112)37-109(7)68(113)26-27-91)75(121)105-64-42-136-39-50-28-49-29-51(30-50)40-137-43-65(106-77(123)46(3)95-79(125)59(33-53-18-13-17-52-16-11-12-19-55(52)53)101-78(124)56(24-25-69(114)115)97-82(128)60(34-66(92)111)98-76(122)45(2)96-85(64)131)86(132)108-73(90)88(134)103-61(35-70(116)117)83(129)100-57(31-47-14-9-8-10-15-47)80(126)99-58(32-48-20-22-54(110)23-21-48)81(127)102-62(36-71(118)119)84(130)107-72(89(4,5)6)87(133)104-63(74(93)120)41-135-38-49/h8-23,28-30,44-46,56-65,72-73,110H,24-27,31-43,91H2,1-7H3,(H2,92,111)(H2,93,120)(H,94,112)(H,95,125)(H,96,131)(H,97,128)(H,98,122)(H,99,126)(H,100,129)(H,101,124)(H,102,127)(H,103,134)(H,104,133)(H,105,121)(H,106,123)(H,107,130)(H,108,132)(H,114,115)(H,116,117)(H,118,119). The van der Waals surface area contributed by atoms with Gasteiger partial charge in [-0.2, -0.15) is 35.3 Å². The largest absolute Gasteiger partial charge is 0.508 e. The minimum Gasteiger partial charge on any atom is -0.508 e. The number of aromatic hydroxyl groups is 1. The molecule has 0 saturated carbocycles. The third-order valence-corrected chi connectivity index (χ3v) is 24.9. The summed E-state index contributed by atoms with van der Waals surface area (Å²) in [7, 11) is 1.32. The van der Waals surface area contributed by atoms with Crippen LogP contribution in [0.5, 0.6) is 5.75 Å². The van der Waals surface area contributed by atoms with Gasteiger partial charge in [-0.1, -0.05) is 136 Å². The molecular weight excluding hydrogens is 1870 g/mol. The number of phenols is 1. The van der Waals surface area contributed by atoms with E-state index in [-0.39, 0.29) is 53.0 Å². The van der Waals surface area contributed by atoms with Crippen LogP contribution < -0.4 is 97.0 Å². The Balaban J connectivity index is 1.38. The van der Waals surface area contributed by atoms with Crippen LogP contribution in [0.4, 0.5) is 0 Å². The van der Waals surface area contributed by atoms with Crippen LogP contribution in [-0.2, 0) is 137 Å². The molecule has 25 N–H and O–H groups in total. The fourth-order valence-corrected chi connectivity index (χ4v) is 17.1. The number of nitrogens with two attached hydrogens (primary N) is 3. The quantitative estimate of drug-likeness (QED) is 0.0223. The van der Waals surface area contributed by atoms with E-state index in [1.54, 1.807) is 78.9 Å². The highest BCUT2D eigenvalue weighted by molar-refractivity contribution is 7.99. The van der Waals surface area contributed by atoms with Gasteiger partial charge in [-0.05, 0) is 88.9 Å². The summed E-state index contributed by atoms with van der Waals surface area (Å²) in [5.74, 6) is -26.9. The van der Waals surface area contributed by atoms with Gasteiger partial charge in [0.05, 0.1) is 25.8 Å². The van der Waals surface area contributed by atoms with Crippen molar-refractivity contribution < 1.29 is 121 Å². The molecule has 5 aromatic carbocycles. The number of benzene rings is 5. The third kappa shape index (κ3) is 36.2. The number of hydrogen-bond acceptors (Lipinski definition) is 26. The van der Waals surface area contributed by atoms with E-state index in [1.165, 1.54) is 78.1 Å². The molecule has 137 heavy (non-hydrogen) atoms. The fourth-order valence-electron chi connectivity index (χ4n) is 14.0. The highest BCUT2D eigenvalue weighted by Crippen LogP contribution is 2.27. The molecule has 0 fully saturated rings. The number of alkyl halides is 1. The lowest BCUT2D eigenvalue weighted by atomic mass is 9.85. The van der Waals surface area contributed by atoms with Crippen molar-refractivity contribution in [2.24, 2.45) is 22.6 Å². The van der Waals surface area contributed by atoms with Gasteiger partial charge in [-0.3, -0.25) is 101 Å². The normalized spacial score (nSPS) is 23.4. The first-order valence-electron chi connectivity index (χ1n) is 43.1. The molecular formula is C89H114ClN19O25S3. The number of primary amides is 2. The molecule has 0 aromatic heterocycles. The van der Waals surface area contributed by atoms with Gasteiger partial charge >= 0.3 is 17.9 Å². The number of carbonyl (C=O) groups is 21. The first kappa shape index (κ1) is 110. The van der Waals surface area contributed by atoms with Crippen LogP contribution in [0.1, 0.15) is 113 Å². The second kappa shape index (κ2) is 53.0. The molecule has 7 rings (SSSR count). The molecule has 15 atom stereocenters. The van der Waals surface area contributed by atoms with Crippen molar-refractivity contribution in [1.82, 2.24) is 84.7 Å². The van der Waals surface area contributed by atoms with Crippen molar-refractivity contribution in [1.29, 1.82) is 0 Å². The number of fused-ring (bicyclic) bond motifs is 6. The SMILES string of the molecule is CC(NC(=O)CN(C)C(=O)CCN)C(=O)NC1CSCc2cc3cc(c2)CSCC(NC(=O)C(C)NC(=O)C(Cc2cccc4ccccc24)NC(=O)C(CCC(=O)O)NC(=O)C(CC(N)=O)NC(=O)C(C)NC1=O)C(=O)NC(Cl)C(=O)NC(CC(=O)O)C(=O)NC(Cc1ccccc1)C(=O)NC(Cc1ccc(O)cc1)C(=O)NC(CC(=O)O)C(=O)NC(C(C)(C)C)C(=O)NC(C(N)=O)CSC3. The van der Waals surface area contributed by atoms with Gasteiger partial charge in [-0.25, -0.2) is 0 Å². The van der Waals surface area contributed by atoms with E-state index in [9.17, 15) is 112 Å². The molecule has 740 valence electrons. The van der Waals surface area contributed by atoms with Crippen molar-refractivity contribution in [2.75, 3.05) is 37.4 Å². The van der Waals surface area contributed by atoms with Gasteiger partial charge in [0, 0.05) is 80.2 Å². The summed E-state index contributed by atoms with van der Waals surface area (Å²) in [5.41, 5.74) is 15.9. The van der Waals surface area contributed by atoms with Crippen molar-refractivity contribution in [3.05, 3.63) is 149 Å². The van der Waals surface area contributed by atoms with Gasteiger partial charge in [0.25, 0.3) is 5.91 Å². The molecule has 0 spiro atoms. The Kier molecular flexibility index (Phi) is 42.7. The fraction of sp³-hybridized carbons (Fsp3) is 0.449. The molecule has 0 saturated heterocycles. The van der Waals surface area contributed by atoms with Crippen LogP contribution in [0.2, 0.25) is 0 Å². The number of carbonyl (C=O) groups excluding carboxylic acids is 18. The van der Waals surface area contributed by atoms with E-state index in [0.717, 1.165) is 47.1 Å². The Morgan fingerprint density at radius 1 is 0.482 bits per heavy atom. The number of likely N-dealkylation sites (N-methyl/N-ethyl adjacent to an activating group) is 1. The smallest absolute Gasteiger partial charge is 0.305 e. The summed E-state index contributed by atoms with van der Waals surface area (Å²) in [4.78, 5) is 297. The molecule has 0 radical (unpaired) electrons. The number of rotatable bonds is 23. The number of nitrogens with one attached hydrogen (secondary N) is 15. The number of phenolic OH excluding ortho intramolecular Hbond substituents is 1. The van der Waals surface area contributed by atoms with E-state index >= 15 is 9.59 Å². The van der Waals surface area contributed by atoms with Crippen molar-refractivity contribution in [2.45, 2.75) is 207 Å². The van der Waals surface area contributed by atoms with E-state index in [4.69, 9.17) is 28.8 Å². The number of amides is 18. The number of halogens is 1. The summed E-state index contributed by atoms with van der Waals surface area (Å²) in [6.07, 6.45) is -6.38. The first-order chi connectivity index (χ1) is 64.6. The second-order valence-electron chi connectivity index (χ2n) is 33.6. The van der Waals surface area contributed by atoms with Crippen LogP contribution in [0.25, 0.3) is 10.8 Å². The Bertz CT molecular complexity index is 5290. The molecule has 2 aliphatic heterocycles. The summed E-state index contributed by atoms with van der Waals surface area (Å²) >= 11 is 9.70. The van der Waals surface area contributed by atoms with E-state index in [2.05, 4.69) is 79.8 Å². The zero-order valence-corrected chi connectivity index (χ0v) is 79.0. The number of carboxylic acids is 3. The Morgan fingerprint density at radius 3 is 1.49 bits per heavy atom. The van der Waals surface area contributed by atoms with Gasteiger partial charge in [-0.15, -0.1) is 0 Å². The van der Waals surface area contributed by atoms with E-state index < -0.39 is 283 Å². The molecule has 15 unspecified atom stereocenters. The van der Waals surface area contributed by atoms with Gasteiger partial charge < -0.3 is 122 Å². The second-order valence-corrected chi connectivity index (χ2v) is 37.2. The van der Waals surface area contributed by atoms with Gasteiger partial charge in [0.1, 0.15) is 90.3 Å². The highest BCUT2D eigenvalue weighted by Gasteiger charge is 2.42. The lowest BCUT2D eigenvalue weighted by molar-refractivity contribution is -0.142. The average Bonchev–Trinajstić information content (AvgIpc) is 0.836. The zero-order chi connectivity index (χ0) is 101. The van der Waals surface area contributed by atoms with E-state index in [0.29, 0.717) is 38.6 Å². The maximum absolute atomic E-state index is 15.0. The van der Waals surface area contributed by atoms with Crippen molar-refractivity contribution in [3.8, 4) is 5.75 Å². The van der Waals surface area contributed by atoms with Gasteiger partial charge in [0.15, 0.2) is 5.50 Å². The average molecular weight is 1980 g/mol. The minimum absolute atomic E-state index is 0.0338. The number of thioether (sulfide) groups is 3. The summed E-state index contributed by atoms with van der Waals surface area (Å²) in [6, 6.07) is 4.75. The lowest BCUT2D eigenvalue weighted by Gasteiger charge is -2.33. The van der Waals surface area contributed by atoms with Crippen LogP contribution in [-0.4, -0.2) is 277 Å². The van der Waals surface area contributed by atoms with E-state index in [1.807, 2.05) is 0 Å². The van der Waals surface area contributed by atoms with Crippen LogP contribution in [0, 0.1) is 5.41 Å². The lowest BCUT2D eigenvalue weighted by Crippen LogP contribution is -2.62. The number of carboxylic acid groups (broad SMARTS) is 3. The molecule has 2 heterocycles. The zero-order valence-electron chi connectivity index (χ0n) is 75.8. The maximum atomic E-state index is 15.0. The van der Waals surface area contributed by atoms with Gasteiger partial charge in [0.2, 0.25) is 100 Å². The molecule has 2 aliphatic rings. The van der Waals surface area contributed by atoms with Crippen molar-refractivity contribution >= 4 is 182 Å². The number of hydrogen-bond donors (Lipinski definition) is 22. The topological polar surface area (TPSA) is 701 Å². The molecule has 48 heteroatoms. The number of aliphatic carboxylic acids is 3. The summed E-state index contributed by atoms with van der Waals surface area (Å²) in [5, 5.41) is 78.3. The molecule has 4 bridgehead atoms. The Morgan fingerprint density at radius 2 is 0.942 bits per heavy atom. The molecule has 44 nitrogen and oxygen atoms in total. The molecule has 18 amide bonds. The highest BCUT2D eigenvalue weighted by atomic mass is 35.5. The first-order valence-corrected chi connectivity index (χ1v) is 47.0. The Hall–Kier alpha value is -13.7. The summed E-state index contributed by atoms with van der Waals surface area (Å²) in [6.45, 7) is 7.52. The van der Waals surface area contributed by atoms with Crippen molar-refractivity contribution in [3.63, 3.8) is 0 Å². The van der Waals surface area contributed by atoms with Crippen LogP contribution in [0.15, 0.2) is 115 Å². The predicted octanol–water partition coefficient (Wildman–Crippen LogP) is -3.44. The third-order valence-electron chi connectivity index (χ3n) is 21.3. The summed E-state index contributed by atoms with van der Waals surface area (Å²) < 4.78 is 0. The maximum Gasteiger partial charge on any atom is 0.305 e. The number of nitrogens with zero attached hydrogens (tertiary/aromatic N) is 1. The monoisotopic (exact) mass is 1980 g/mol. The van der Waals surface area contributed by atoms with Crippen LogP contribution >= 0.6 is 46.9 Å². The Labute approximate surface area is 804 Å².